The van der Waals surface area contributed by atoms with Crippen molar-refractivity contribution in [3.05, 3.63) is 96.7 Å². The second-order valence-electron chi connectivity index (χ2n) is 9.23. The third kappa shape index (κ3) is 5.08. The summed E-state index contributed by atoms with van der Waals surface area (Å²) in [7, 11) is 2.03. The molecular formula is C28H28F3N7. The predicted octanol–water partition coefficient (Wildman–Crippen LogP) is 5.84. The van der Waals surface area contributed by atoms with Gasteiger partial charge in [0, 0.05) is 60.4 Å². The lowest BCUT2D eigenvalue weighted by Gasteiger charge is -2.34. The molecule has 0 atom stereocenters. The largest absolute Gasteiger partial charge is 0.367 e. The number of rotatable bonds is 8. The number of hydrogen-bond donors (Lipinski definition) is 3. The average Bonchev–Trinajstić information content (AvgIpc) is 3.38. The number of likely N-dealkylation sites (N-methyl/N-ethyl adjacent to an activating group) is 1. The van der Waals surface area contributed by atoms with Gasteiger partial charge in [0.05, 0.1) is 5.69 Å². The van der Waals surface area contributed by atoms with E-state index in [4.69, 9.17) is 0 Å². The van der Waals surface area contributed by atoms with Gasteiger partial charge >= 0.3 is 5.92 Å². The number of alkyl halides is 2. The van der Waals surface area contributed by atoms with E-state index in [9.17, 15) is 0 Å². The van der Waals surface area contributed by atoms with Crippen LogP contribution in [0.15, 0.2) is 79.7 Å². The van der Waals surface area contributed by atoms with Crippen LogP contribution in [0.3, 0.4) is 0 Å². The van der Waals surface area contributed by atoms with Gasteiger partial charge < -0.3 is 25.4 Å². The lowest BCUT2D eigenvalue weighted by Crippen LogP contribution is -2.44. The van der Waals surface area contributed by atoms with Gasteiger partial charge in [-0.3, -0.25) is 0 Å². The third-order valence-electron chi connectivity index (χ3n) is 6.54. The minimum atomic E-state index is -3.45. The van der Waals surface area contributed by atoms with Crippen LogP contribution in [0.2, 0.25) is 0 Å². The van der Waals surface area contributed by atoms with Crippen LogP contribution in [0, 0.1) is 5.82 Å². The van der Waals surface area contributed by atoms with E-state index in [0.29, 0.717) is 22.8 Å². The van der Waals surface area contributed by atoms with Crippen molar-refractivity contribution >= 4 is 34.0 Å². The van der Waals surface area contributed by atoms with Gasteiger partial charge in [-0.2, -0.15) is 13.8 Å². The fourth-order valence-corrected chi connectivity index (χ4v) is 4.42. The van der Waals surface area contributed by atoms with Crippen LogP contribution in [0.4, 0.5) is 36.2 Å². The minimum absolute atomic E-state index is 0.0734. The highest BCUT2D eigenvalue weighted by atomic mass is 19.3. The summed E-state index contributed by atoms with van der Waals surface area (Å²) in [5.74, 6) is -3.93. The van der Waals surface area contributed by atoms with Crippen LogP contribution >= 0.6 is 0 Å². The fraction of sp³-hybridized carbons (Fsp3) is 0.214. The van der Waals surface area contributed by atoms with Gasteiger partial charge in [-0.1, -0.05) is 25.3 Å². The standard InChI is InChI=1S/C28H28F3N7/c1-4-18(2)33-20-7-5-6-19(16-20)28(30,31)25-22-10-11-32-26(22)36-27(35-25)34-21-8-9-24(23(29)17-21)38-14-12-37(3)13-15-38/h4-11,16-17,33H,1-2,12-15H2,3H3,(H2,32,34,35,36). The van der Waals surface area contributed by atoms with E-state index in [0.717, 1.165) is 26.2 Å². The molecule has 38 heavy (non-hydrogen) atoms. The van der Waals surface area contributed by atoms with Crippen molar-refractivity contribution in [3.63, 3.8) is 0 Å². The molecule has 3 N–H and O–H groups in total. The highest BCUT2D eigenvalue weighted by Gasteiger charge is 2.38. The summed E-state index contributed by atoms with van der Waals surface area (Å²) in [5, 5.41) is 6.01. The van der Waals surface area contributed by atoms with Crippen LogP contribution in [0.5, 0.6) is 0 Å². The second kappa shape index (κ2) is 10.2. The van der Waals surface area contributed by atoms with E-state index in [-0.39, 0.29) is 22.5 Å². The maximum Gasteiger partial charge on any atom is 0.315 e. The molecule has 0 radical (unpaired) electrons. The molecule has 5 rings (SSSR count). The number of aromatic amines is 1. The molecule has 10 heteroatoms. The van der Waals surface area contributed by atoms with E-state index < -0.39 is 17.4 Å². The summed E-state index contributed by atoms with van der Waals surface area (Å²) in [5.41, 5.74) is 1.30. The van der Waals surface area contributed by atoms with Crippen molar-refractivity contribution < 1.29 is 13.2 Å². The zero-order valence-corrected chi connectivity index (χ0v) is 20.9. The summed E-state index contributed by atoms with van der Waals surface area (Å²) < 4.78 is 46.8. The molecule has 196 valence electrons. The monoisotopic (exact) mass is 519 g/mol. The van der Waals surface area contributed by atoms with E-state index >= 15 is 13.2 Å². The van der Waals surface area contributed by atoms with Gasteiger partial charge in [-0.25, -0.2) is 9.37 Å². The molecule has 3 heterocycles. The van der Waals surface area contributed by atoms with Gasteiger partial charge in [-0.15, -0.1) is 0 Å². The van der Waals surface area contributed by atoms with E-state index in [1.165, 1.54) is 42.6 Å². The number of nitrogens with one attached hydrogen (secondary N) is 3. The highest BCUT2D eigenvalue weighted by Crippen LogP contribution is 2.39. The summed E-state index contributed by atoms with van der Waals surface area (Å²) >= 11 is 0. The van der Waals surface area contributed by atoms with Gasteiger partial charge in [0.2, 0.25) is 5.95 Å². The molecule has 2 aromatic heterocycles. The number of fused-ring (bicyclic) bond motifs is 1. The predicted molar refractivity (Wildman–Crippen MR) is 146 cm³/mol. The Morgan fingerprint density at radius 2 is 1.84 bits per heavy atom. The number of aromatic nitrogens is 3. The minimum Gasteiger partial charge on any atom is -0.367 e. The summed E-state index contributed by atoms with van der Waals surface area (Å²) in [6.07, 6.45) is 3.02. The molecule has 0 saturated carbocycles. The maximum atomic E-state index is 15.9. The molecule has 7 nitrogen and oxygen atoms in total. The highest BCUT2D eigenvalue weighted by molar-refractivity contribution is 5.81. The molecule has 2 aromatic carbocycles. The Morgan fingerprint density at radius 3 is 2.58 bits per heavy atom. The van der Waals surface area contributed by atoms with Gasteiger partial charge in [0.25, 0.3) is 0 Å². The normalized spacial score (nSPS) is 14.5. The maximum absolute atomic E-state index is 15.9. The second-order valence-corrected chi connectivity index (χ2v) is 9.23. The Kier molecular flexibility index (Phi) is 6.81. The number of piperazine rings is 1. The molecule has 0 aliphatic carbocycles. The van der Waals surface area contributed by atoms with Crippen molar-refractivity contribution in [2.75, 3.05) is 48.8 Å². The van der Waals surface area contributed by atoms with Crippen LogP contribution in [0.1, 0.15) is 11.3 Å². The van der Waals surface area contributed by atoms with E-state index in [2.05, 4.69) is 43.6 Å². The summed E-state index contributed by atoms with van der Waals surface area (Å²) in [4.78, 5) is 15.6. The van der Waals surface area contributed by atoms with Crippen molar-refractivity contribution in [1.29, 1.82) is 0 Å². The molecule has 0 amide bonds. The fourth-order valence-electron chi connectivity index (χ4n) is 4.42. The molecule has 1 aliphatic rings. The number of halogens is 3. The summed E-state index contributed by atoms with van der Waals surface area (Å²) in [6, 6.07) is 12.1. The summed E-state index contributed by atoms with van der Waals surface area (Å²) in [6.45, 7) is 10.5. The van der Waals surface area contributed by atoms with Gasteiger partial charge in [0.15, 0.2) is 0 Å². The molecule has 1 aliphatic heterocycles. The Labute approximate surface area is 218 Å². The molecule has 0 bridgehead atoms. The molecule has 1 saturated heterocycles. The SMILES string of the molecule is C=CC(=C)Nc1cccc(C(F)(F)c2nc(Nc3ccc(N4CCN(C)CC4)c(F)c3)nc3[nH]ccc23)c1. The van der Waals surface area contributed by atoms with Gasteiger partial charge in [-0.05, 0) is 49.5 Å². The first kappa shape index (κ1) is 25.3. The molecular weight excluding hydrogens is 491 g/mol. The first-order valence-electron chi connectivity index (χ1n) is 12.2. The van der Waals surface area contributed by atoms with Crippen LogP contribution in [-0.4, -0.2) is 53.1 Å². The van der Waals surface area contributed by atoms with E-state index in [1.54, 1.807) is 18.2 Å². The quantitative estimate of drug-likeness (QED) is 0.254. The van der Waals surface area contributed by atoms with Crippen LogP contribution in [0.25, 0.3) is 11.0 Å². The Hall–Kier alpha value is -4.31. The lowest BCUT2D eigenvalue weighted by molar-refractivity contribution is 0.0399. The van der Waals surface area contributed by atoms with Gasteiger partial charge in [0.1, 0.15) is 17.2 Å². The smallest absolute Gasteiger partial charge is 0.315 e. The first-order chi connectivity index (χ1) is 18.2. The zero-order chi connectivity index (χ0) is 26.9. The number of benzene rings is 2. The zero-order valence-electron chi connectivity index (χ0n) is 20.9. The number of hydrogen-bond acceptors (Lipinski definition) is 6. The van der Waals surface area contributed by atoms with Crippen molar-refractivity contribution in [1.82, 2.24) is 19.9 Å². The van der Waals surface area contributed by atoms with Crippen LogP contribution < -0.4 is 15.5 Å². The third-order valence-corrected chi connectivity index (χ3v) is 6.54. The number of allylic oxidation sites excluding steroid dienone is 1. The average molecular weight is 520 g/mol. The molecule has 4 aromatic rings. The molecule has 0 unspecified atom stereocenters. The first-order valence-corrected chi connectivity index (χ1v) is 12.2. The van der Waals surface area contributed by atoms with Crippen LogP contribution in [-0.2, 0) is 5.92 Å². The Morgan fingerprint density at radius 1 is 1.05 bits per heavy atom. The Balaban J connectivity index is 1.45. The van der Waals surface area contributed by atoms with Crippen molar-refractivity contribution in [2.45, 2.75) is 5.92 Å². The lowest BCUT2D eigenvalue weighted by atomic mass is 10.0. The van der Waals surface area contributed by atoms with Crippen molar-refractivity contribution in [3.8, 4) is 0 Å². The van der Waals surface area contributed by atoms with Crippen molar-refractivity contribution in [2.24, 2.45) is 0 Å². The molecule has 1 fully saturated rings. The Bertz CT molecular complexity index is 1490. The number of nitrogens with zero attached hydrogens (tertiary/aromatic N) is 4. The van der Waals surface area contributed by atoms with E-state index in [1.807, 2.05) is 11.9 Å². The topological polar surface area (TPSA) is 72.1 Å². The number of H-pyrrole nitrogens is 1. The number of anilines is 4. The molecule has 0 spiro atoms.